The van der Waals surface area contributed by atoms with Gasteiger partial charge in [-0.1, -0.05) is 25.1 Å². The molecule has 0 atom stereocenters. The Morgan fingerprint density at radius 2 is 1.87 bits per heavy atom. The molecule has 0 aliphatic heterocycles. The fraction of sp³-hybridized carbons (Fsp3) is 0.500. The average molecular weight is 209 g/mol. The number of benzene rings is 1. The van der Waals surface area contributed by atoms with Crippen molar-refractivity contribution in [1.29, 1.82) is 0 Å². The maximum absolute atomic E-state index is 5.11. The average Bonchev–Trinajstić information content (AvgIpc) is 2.31. The van der Waals surface area contributed by atoms with E-state index in [9.17, 15) is 0 Å². The predicted octanol–water partition coefficient (Wildman–Crippen LogP) is 2.28. The molecule has 3 heteroatoms. The van der Waals surface area contributed by atoms with Gasteiger partial charge in [0.15, 0.2) is 6.29 Å². The Kier molecular flexibility index (Phi) is 5.15. The molecule has 0 aromatic heterocycles. The minimum absolute atomic E-state index is 0.199. The monoisotopic (exact) mass is 209 g/mol. The lowest BCUT2D eigenvalue weighted by Gasteiger charge is -2.16. The van der Waals surface area contributed by atoms with Crippen LogP contribution in [0.5, 0.6) is 0 Å². The summed E-state index contributed by atoms with van der Waals surface area (Å²) >= 11 is 0. The minimum Gasteiger partial charge on any atom is -0.380 e. The van der Waals surface area contributed by atoms with E-state index in [0.717, 1.165) is 12.1 Å². The number of anilines is 1. The van der Waals surface area contributed by atoms with Gasteiger partial charge in [-0.15, -0.1) is 0 Å². The first kappa shape index (κ1) is 12.0. The van der Waals surface area contributed by atoms with Crippen LogP contribution >= 0.6 is 0 Å². The highest BCUT2D eigenvalue weighted by atomic mass is 16.7. The van der Waals surface area contributed by atoms with Crippen LogP contribution in [0.1, 0.15) is 12.5 Å². The summed E-state index contributed by atoms with van der Waals surface area (Å²) in [5.74, 6) is 0. The van der Waals surface area contributed by atoms with E-state index in [1.807, 2.05) is 12.1 Å². The zero-order valence-corrected chi connectivity index (χ0v) is 9.62. The molecule has 0 radical (unpaired) electrons. The summed E-state index contributed by atoms with van der Waals surface area (Å²) in [5, 5.41) is 3.32. The molecule has 1 rings (SSSR count). The van der Waals surface area contributed by atoms with Gasteiger partial charge < -0.3 is 14.8 Å². The van der Waals surface area contributed by atoms with Gasteiger partial charge in [0.05, 0.1) is 6.54 Å². The Bertz CT molecular complexity index is 285. The zero-order valence-electron chi connectivity index (χ0n) is 9.62. The molecule has 0 fully saturated rings. The summed E-state index contributed by atoms with van der Waals surface area (Å²) in [6.07, 6.45) is 0.822. The summed E-state index contributed by atoms with van der Waals surface area (Å²) in [4.78, 5) is 0. The topological polar surface area (TPSA) is 30.5 Å². The summed E-state index contributed by atoms with van der Waals surface area (Å²) in [7, 11) is 3.28. The van der Waals surface area contributed by atoms with Crippen molar-refractivity contribution >= 4 is 5.69 Å². The summed E-state index contributed by atoms with van der Waals surface area (Å²) in [5.41, 5.74) is 2.46. The molecule has 0 saturated heterocycles. The molecule has 1 N–H and O–H groups in total. The normalized spacial score (nSPS) is 10.7. The molecule has 1 aromatic carbocycles. The van der Waals surface area contributed by atoms with Crippen molar-refractivity contribution < 1.29 is 9.47 Å². The van der Waals surface area contributed by atoms with Crippen LogP contribution in [0.15, 0.2) is 24.3 Å². The third-order valence-corrected chi connectivity index (χ3v) is 2.38. The van der Waals surface area contributed by atoms with E-state index in [0.29, 0.717) is 6.54 Å². The highest BCUT2D eigenvalue weighted by molar-refractivity contribution is 5.51. The van der Waals surface area contributed by atoms with Gasteiger partial charge in [-0.25, -0.2) is 0 Å². The molecule has 0 heterocycles. The fourth-order valence-electron chi connectivity index (χ4n) is 1.46. The van der Waals surface area contributed by atoms with E-state index in [-0.39, 0.29) is 6.29 Å². The molecular weight excluding hydrogens is 190 g/mol. The molecule has 0 saturated carbocycles. The van der Waals surface area contributed by atoms with E-state index in [2.05, 4.69) is 24.4 Å². The van der Waals surface area contributed by atoms with Crippen LogP contribution < -0.4 is 5.32 Å². The maximum atomic E-state index is 5.11. The second kappa shape index (κ2) is 6.43. The van der Waals surface area contributed by atoms with E-state index in [4.69, 9.17) is 9.47 Å². The number of para-hydroxylation sites is 1. The zero-order chi connectivity index (χ0) is 11.1. The largest absolute Gasteiger partial charge is 0.380 e. The van der Waals surface area contributed by atoms with Crippen molar-refractivity contribution in [2.24, 2.45) is 0 Å². The van der Waals surface area contributed by atoms with Crippen LogP contribution in [0, 0.1) is 0 Å². The lowest BCUT2D eigenvalue weighted by atomic mass is 10.1. The van der Waals surface area contributed by atoms with Crippen LogP contribution in [-0.2, 0) is 15.9 Å². The molecule has 0 amide bonds. The van der Waals surface area contributed by atoms with Crippen molar-refractivity contribution in [2.75, 3.05) is 26.1 Å². The third-order valence-electron chi connectivity index (χ3n) is 2.38. The second-order valence-electron chi connectivity index (χ2n) is 3.29. The Hall–Kier alpha value is -1.06. The summed E-state index contributed by atoms with van der Waals surface area (Å²) < 4.78 is 10.2. The maximum Gasteiger partial charge on any atom is 0.173 e. The van der Waals surface area contributed by atoms with Crippen molar-refractivity contribution in [3.8, 4) is 0 Å². The highest BCUT2D eigenvalue weighted by Crippen LogP contribution is 2.15. The van der Waals surface area contributed by atoms with Gasteiger partial charge >= 0.3 is 0 Å². The molecule has 0 aliphatic carbocycles. The second-order valence-corrected chi connectivity index (χ2v) is 3.29. The van der Waals surface area contributed by atoms with Crippen molar-refractivity contribution in [2.45, 2.75) is 19.6 Å². The van der Waals surface area contributed by atoms with Crippen LogP contribution in [0.4, 0.5) is 5.69 Å². The van der Waals surface area contributed by atoms with Crippen molar-refractivity contribution in [3.05, 3.63) is 29.8 Å². The number of nitrogens with one attached hydrogen (secondary N) is 1. The van der Waals surface area contributed by atoms with E-state index in [1.165, 1.54) is 5.56 Å². The van der Waals surface area contributed by atoms with Crippen LogP contribution in [0.2, 0.25) is 0 Å². The number of aryl methyl sites for hydroxylation is 1. The predicted molar refractivity (Wildman–Crippen MR) is 62.1 cm³/mol. The first-order valence-corrected chi connectivity index (χ1v) is 5.19. The van der Waals surface area contributed by atoms with Gasteiger partial charge in [-0.3, -0.25) is 0 Å². The van der Waals surface area contributed by atoms with Gasteiger partial charge in [0.1, 0.15) is 0 Å². The SMILES string of the molecule is CCc1ccccc1NCC(OC)OC. The Morgan fingerprint density at radius 1 is 1.20 bits per heavy atom. The molecular formula is C12H19NO2. The van der Waals surface area contributed by atoms with E-state index < -0.39 is 0 Å². The van der Waals surface area contributed by atoms with Crippen molar-refractivity contribution in [3.63, 3.8) is 0 Å². The molecule has 0 bridgehead atoms. The molecule has 0 aliphatic rings. The summed E-state index contributed by atoms with van der Waals surface area (Å²) in [6.45, 7) is 2.80. The Labute approximate surface area is 91.4 Å². The number of ether oxygens (including phenoxy) is 2. The van der Waals surface area contributed by atoms with Crippen LogP contribution in [0.25, 0.3) is 0 Å². The van der Waals surface area contributed by atoms with E-state index in [1.54, 1.807) is 14.2 Å². The lowest BCUT2D eigenvalue weighted by molar-refractivity contribution is -0.0914. The Morgan fingerprint density at radius 3 is 2.47 bits per heavy atom. The first-order chi connectivity index (χ1) is 7.31. The van der Waals surface area contributed by atoms with E-state index >= 15 is 0 Å². The third kappa shape index (κ3) is 3.53. The van der Waals surface area contributed by atoms with Crippen LogP contribution in [0.3, 0.4) is 0 Å². The first-order valence-electron chi connectivity index (χ1n) is 5.19. The molecule has 84 valence electrons. The van der Waals surface area contributed by atoms with Gasteiger partial charge in [0, 0.05) is 19.9 Å². The van der Waals surface area contributed by atoms with Gasteiger partial charge in [-0.05, 0) is 18.1 Å². The van der Waals surface area contributed by atoms with Gasteiger partial charge in [0.25, 0.3) is 0 Å². The molecule has 3 nitrogen and oxygen atoms in total. The minimum atomic E-state index is -0.199. The van der Waals surface area contributed by atoms with Crippen molar-refractivity contribution in [1.82, 2.24) is 0 Å². The number of methoxy groups -OCH3 is 2. The molecule has 15 heavy (non-hydrogen) atoms. The molecule has 0 unspecified atom stereocenters. The smallest absolute Gasteiger partial charge is 0.173 e. The van der Waals surface area contributed by atoms with Gasteiger partial charge in [0.2, 0.25) is 0 Å². The quantitative estimate of drug-likeness (QED) is 0.729. The highest BCUT2D eigenvalue weighted by Gasteiger charge is 2.05. The molecule has 1 aromatic rings. The number of rotatable bonds is 6. The molecule has 0 spiro atoms. The fourth-order valence-corrected chi connectivity index (χ4v) is 1.46. The van der Waals surface area contributed by atoms with Crippen LogP contribution in [-0.4, -0.2) is 27.1 Å². The lowest BCUT2D eigenvalue weighted by Crippen LogP contribution is -2.23. The Balaban J connectivity index is 2.56. The number of hydrogen-bond donors (Lipinski definition) is 1. The van der Waals surface area contributed by atoms with Gasteiger partial charge in [-0.2, -0.15) is 0 Å². The summed E-state index contributed by atoms with van der Waals surface area (Å²) in [6, 6.07) is 8.27. The standard InChI is InChI=1S/C12H19NO2/c1-4-10-7-5-6-8-11(10)13-9-12(14-2)15-3/h5-8,12-13H,4,9H2,1-3H3. The number of hydrogen-bond acceptors (Lipinski definition) is 3.